The molecule has 1 saturated heterocycles. The number of pyridine rings is 1. The van der Waals surface area contributed by atoms with E-state index in [0.29, 0.717) is 17.3 Å². The number of rotatable bonds is 5. The number of amides is 1. The Morgan fingerprint density at radius 3 is 2.51 bits per heavy atom. The first-order valence-electron chi connectivity index (χ1n) is 12.3. The molecule has 7 nitrogen and oxygen atoms in total. The summed E-state index contributed by atoms with van der Waals surface area (Å²) in [6.07, 6.45) is 8.95. The van der Waals surface area contributed by atoms with Gasteiger partial charge in [-0.15, -0.1) is 0 Å². The SMILES string of the molecule is Cc1ccc(-n2ccc(C(=O)Nc3ccc([C@]4(C#N)CC[C@@H](N5CCOCC5)CC4)nc3)c2)cc1. The van der Waals surface area contributed by atoms with Gasteiger partial charge in [-0.1, -0.05) is 17.7 Å². The van der Waals surface area contributed by atoms with Gasteiger partial charge in [-0.05, 0) is 62.9 Å². The molecule has 2 fully saturated rings. The van der Waals surface area contributed by atoms with Crippen LogP contribution >= 0.6 is 0 Å². The molecule has 5 rings (SSSR count). The van der Waals surface area contributed by atoms with Gasteiger partial charge >= 0.3 is 0 Å². The van der Waals surface area contributed by atoms with Crippen molar-refractivity contribution in [1.82, 2.24) is 14.5 Å². The van der Waals surface area contributed by atoms with Crippen LogP contribution in [0.3, 0.4) is 0 Å². The maximum absolute atomic E-state index is 12.8. The van der Waals surface area contributed by atoms with Crippen LogP contribution in [0.15, 0.2) is 61.1 Å². The predicted molar refractivity (Wildman–Crippen MR) is 135 cm³/mol. The normalized spacial score (nSPS) is 22.9. The molecule has 3 aromatic rings. The van der Waals surface area contributed by atoms with Crippen LogP contribution in [0.4, 0.5) is 5.69 Å². The van der Waals surface area contributed by atoms with Gasteiger partial charge in [-0.3, -0.25) is 14.7 Å². The van der Waals surface area contributed by atoms with Gasteiger partial charge in [0.2, 0.25) is 0 Å². The van der Waals surface area contributed by atoms with Crippen LogP contribution in [0.25, 0.3) is 5.69 Å². The smallest absolute Gasteiger partial charge is 0.257 e. The monoisotopic (exact) mass is 469 g/mol. The standard InChI is InChI=1S/C28H31N5O2/c1-21-2-5-24(6-3-21)33-13-10-22(19-33)27(34)31-23-4-7-26(30-18-23)28(20-29)11-8-25(9-12-28)32-14-16-35-17-15-32/h2-7,10,13,18-19,25H,8-9,11-12,14-17H2,1H3,(H,31,34)/t25-,28-. The van der Waals surface area contributed by atoms with Crippen molar-refractivity contribution in [2.75, 3.05) is 31.6 Å². The molecule has 0 atom stereocenters. The zero-order valence-electron chi connectivity index (χ0n) is 20.1. The van der Waals surface area contributed by atoms with E-state index >= 15 is 0 Å². The number of anilines is 1. The Hall–Kier alpha value is -3.47. The summed E-state index contributed by atoms with van der Waals surface area (Å²) >= 11 is 0. The van der Waals surface area contributed by atoms with Crippen LogP contribution in [0.5, 0.6) is 0 Å². The van der Waals surface area contributed by atoms with Gasteiger partial charge in [0, 0.05) is 37.2 Å². The first kappa shape index (κ1) is 23.3. The molecule has 1 amide bonds. The third-order valence-corrected chi connectivity index (χ3v) is 7.38. The zero-order chi connectivity index (χ0) is 24.3. The molecule has 1 aliphatic carbocycles. The van der Waals surface area contributed by atoms with E-state index in [2.05, 4.69) is 21.3 Å². The molecular weight excluding hydrogens is 438 g/mol. The van der Waals surface area contributed by atoms with E-state index < -0.39 is 5.41 Å². The van der Waals surface area contributed by atoms with E-state index in [1.807, 2.05) is 60.3 Å². The summed E-state index contributed by atoms with van der Waals surface area (Å²) in [6.45, 7) is 5.60. The van der Waals surface area contributed by atoms with E-state index in [1.165, 1.54) is 5.56 Å². The Bertz CT molecular complexity index is 1200. The van der Waals surface area contributed by atoms with Crippen molar-refractivity contribution >= 4 is 11.6 Å². The van der Waals surface area contributed by atoms with Gasteiger partial charge in [-0.2, -0.15) is 5.26 Å². The fourth-order valence-electron chi connectivity index (χ4n) is 5.19. The van der Waals surface area contributed by atoms with Crippen molar-refractivity contribution in [2.24, 2.45) is 0 Å². The van der Waals surface area contributed by atoms with Gasteiger partial charge in [-0.25, -0.2) is 0 Å². The van der Waals surface area contributed by atoms with Crippen LogP contribution in [0.2, 0.25) is 0 Å². The number of ether oxygens (including phenoxy) is 1. The second-order valence-corrected chi connectivity index (χ2v) is 9.60. The largest absolute Gasteiger partial charge is 0.379 e. The molecule has 3 heterocycles. The Balaban J connectivity index is 1.22. The number of carbonyl (C=O) groups is 1. The van der Waals surface area contributed by atoms with Crippen molar-refractivity contribution in [3.05, 3.63) is 77.9 Å². The second-order valence-electron chi connectivity index (χ2n) is 9.60. The number of aromatic nitrogens is 2. The number of nitriles is 1. The molecule has 1 aliphatic heterocycles. The Morgan fingerprint density at radius 1 is 1.11 bits per heavy atom. The average Bonchev–Trinajstić information content (AvgIpc) is 3.41. The maximum atomic E-state index is 12.8. The molecule has 0 bridgehead atoms. The first-order valence-corrected chi connectivity index (χ1v) is 12.3. The van der Waals surface area contributed by atoms with Crippen LogP contribution in [0, 0.1) is 18.3 Å². The number of nitrogens with zero attached hydrogens (tertiary/aromatic N) is 4. The lowest BCUT2D eigenvalue weighted by molar-refractivity contribution is 0.00493. The Morgan fingerprint density at radius 2 is 1.86 bits per heavy atom. The van der Waals surface area contributed by atoms with Gasteiger partial charge in [0.15, 0.2) is 0 Å². The first-order chi connectivity index (χ1) is 17.1. The minimum absolute atomic E-state index is 0.188. The highest BCUT2D eigenvalue weighted by Gasteiger charge is 2.40. The molecule has 7 heteroatoms. The predicted octanol–water partition coefficient (Wildman–Crippen LogP) is 4.47. The molecule has 0 unspecified atom stereocenters. The molecule has 1 aromatic carbocycles. The zero-order valence-corrected chi connectivity index (χ0v) is 20.1. The number of benzene rings is 1. The van der Waals surface area contributed by atoms with E-state index in [4.69, 9.17) is 4.74 Å². The fourth-order valence-corrected chi connectivity index (χ4v) is 5.19. The lowest BCUT2D eigenvalue weighted by atomic mass is 9.71. The van der Waals surface area contributed by atoms with Crippen molar-refractivity contribution in [3.63, 3.8) is 0 Å². The quantitative estimate of drug-likeness (QED) is 0.596. The van der Waals surface area contributed by atoms with Crippen molar-refractivity contribution in [3.8, 4) is 11.8 Å². The summed E-state index contributed by atoms with van der Waals surface area (Å²) in [4.78, 5) is 19.9. The molecule has 180 valence electrons. The molecule has 35 heavy (non-hydrogen) atoms. The number of hydrogen-bond donors (Lipinski definition) is 1. The van der Waals surface area contributed by atoms with E-state index in [-0.39, 0.29) is 5.91 Å². The number of aryl methyl sites for hydroxylation is 1. The van der Waals surface area contributed by atoms with Crippen LogP contribution in [-0.4, -0.2) is 52.7 Å². The summed E-state index contributed by atoms with van der Waals surface area (Å²) < 4.78 is 7.41. The topological polar surface area (TPSA) is 83.2 Å². The number of carbonyl (C=O) groups excluding carboxylic acids is 1. The molecule has 1 N–H and O–H groups in total. The fraction of sp³-hybridized carbons (Fsp3) is 0.393. The second kappa shape index (κ2) is 10.0. The lowest BCUT2D eigenvalue weighted by Crippen LogP contribution is -2.47. The van der Waals surface area contributed by atoms with Crippen molar-refractivity contribution < 1.29 is 9.53 Å². The molecule has 1 saturated carbocycles. The summed E-state index contributed by atoms with van der Waals surface area (Å²) in [5, 5.41) is 13.0. The minimum atomic E-state index is -0.559. The van der Waals surface area contributed by atoms with Crippen LogP contribution in [0.1, 0.15) is 47.3 Å². The average molecular weight is 470 g/mol. The number of nitrogens with one attached hydrogen (secondary N) is 1. The van der Waals surface area contributed by atoms with E-state index in [9.17, 15) is 10.1 Å². The molecule has 2 aliphatic rings. The summed E-state index contributed by atoms with van der Waals surface area (Å²) in [6, 6.07) is 16.8. The van der Waals surface area contributed by atoms with Gasteiger partial charge in [0.25, 0.3) is 5.91 Å². The Labute approximate surface area is 206 Å². The molecular formula is C28H31N5O2. The highest BCUT2D eigenvalue weighted by Crippen LogP contribution is 2.40. The molecule has 0 spiro atoms. The summed E-state index contributed by atoms with van der Waals surface area (Å²) in [5.74, 6) is -0.188. The summed E-state index contributed by atoms with van der Waals surface area (Å²) in [5.41, 5.74) is 3.63. The third kappa shape index (κ3) is 5.00. The van der Waals surface area contributed by atoms with Crippen molar-refractivity contribution in [2.45, 2.75) is 44.1 Å². The van der Waals surface area contributed by atoms with Gasteiger partial charge in [0.05, 0.1) is 47.8 Å². The van der Waals surface area contributed by atoms with Crippen LogP contribution < -0.4 is 5.32 Å². The van der Waals surface area contributed by atoms with Crippen molar-refractivity contribution in [1.29, 1.82) is 5.26 Å². The summed E-state index contributed by atoms with van der Waals surface area (Å²) in [7, 11) is 0. The van der Waals surface area contributed by atoms with Gasteiger partial charge < -0.3 is 14.6 Å². The van der Waals surface area contributed by atoms with E-state index in [0.717, 1.165) is 63.4 Å². The minimum Gasteiger partial charge on any atom is -0.379 e. The van der Waals surface area contributed by atoms with E-state index in [1.54, 1.807) is 12.3 Å². The third-order valence-electron chi connectivity index (χ3n) is 7.38. The molecule has 0 radical (unpaired) electrons. The Kier molecular flexibility index (Phi) is 6.67. The maximum Gasteiger partial charge on any atom is 0.257 e. The number of morpholine rings is 1. The highest BCUT2D eigenvalue weighted by atomic mass is 16.5. The highest BCUT2D eigenvalue weighted by molar-refractivity contribution is 6.04. The van der Waals surface area contributed by atoms with Gasteiger partial charge in [0.1, 0.15) is 0 Å². The molecule has 2 aromatic heterocycles. The van der Waals surface area contributed by atoms with Crippen LogP contribution in [-0.2, 0) is 10.2 Å². The number of hydrogen-bond acceptors (Lipinski definition) is 5. The lowest BCUT2D eigenvalue weighted by Gasteiger charge is -2.41.